The Balaban J connectivity index is 1.26. The van der Waals surface area contributed by atoms with Gasteiger partial charge in [-0.05, 0) is 54.6 Å². The quantitative estimate of drug-likeness (QED) is 0.180. The molecule has 0 amide bonds. The van der Waals surface area contributed by atoms with Gasteiger partial charge in [0, 0.05) is 38.2 Å². The number of nitrogens with zero attached hydrogens (tertiary/aromatic N) is 10. The zero-order chi connectivity index (χ0) is 32.2. The van der Waals surface area contributed by atoms with Gasteiger partial charge in [-0.3, -0.25) is 4.90 Å². The van der Waals surface area contributed by atoms with Crippen LogP contribution in [0.2, 0.25) is 0 Å². The molecule has 0 bridgehead atoms. The Kier molecular flexibility index (Phi) is 8.08. The fourth-order valence-corrected chi connectivity index (χ4v) is 4.59. The van der Waals surface area contributed by atoms with Crippen molar-refractivity contribution in [3.8, 4) is 17.5 Å². The van der Waals surface area contributed by atoms with Crippen molar-refractivity contribution in [1.29, 1.82) is 0 Å². The predicted octanol–water partition coefficient (Wildman–Crippen LogP) is 2.73. The topological polar surface area (TPSA) is 207 Å². The van der Waals surface area contributed by atoms with E-state index >= 15 is 0 Å². The molecule has 0 aliphatic heterocycles. The second-order valence-electron chi connectivity index (χ2n) is 9.96. The molecule has 6 aromatic rings. The summed E-state index contributed by atoms with van der Waals surface area (Å²) in [7, 11) is 0. The molecule has 16 heteroatoms. The summed E-state index contributed by atoms with van der Waals surface area (Å²) in [5.74, 6) is -2.38. The monoisotopic (exact) mass is 620 g/mol. The van der Waals surface area contributed by atoms with Crippen LogP contribution >= 0.6 is 0 Å². The Labute approximate surface area is 259 Å². The Morgan fingerprint density at radius 2 is 0.804 bits per heavy atom. The van der Waals surface area contributed by atoms with E-state index in [1.807, 2.05) is 4.90 Å². The van der Waals surface area contributed by atoms with E-state index in [0.29, 0.717) is 54.2 Å². The van der Waals surface area contributed by atoms with E-state index < -0.39 is 17.9 Å². The lowest BCUT2D eigenvalue weighted by atomic mass is 10.3. The minimum absolute atomic E-state index is 0.103. The van der Waals surface area contributed by atoms with Crippen molar-refractivity contribution in [3.05, 3.63) is 126 Å². The largest absolute Gasteiger partial charge is 0.477 e. The average Bonchev–Trinajstić information content (AvgIpc) is 3.83. The van der Waals surface area contributed by atoms with Crippen molar-refractivity contribution in [2.24, 2.45) is 0 Å². The molecule has 0 fully saturated rings. The first-order valence-electron chi connectivity index (χ1n) is 13.7. The molecule has 6 aromatic heterocycles. The second-order valence-corrected chi connectivity index (χ2v) is 9.96. The third-order valence-corrected chi connectivity index (χ3v) is 6.65. The van der Waals surface area contributed by atoms with Gasteiger partial charge in [-0.2, -0.15) is 15.3 Å². The summed E-state index contributed by atoms with van der Waals surface area (Å²) in [6.07, 6.45) is 5.06. The van der Waals surface area contributed by atoms with Crippen molar-refractivity contribution in [2.75, 3.05) is 0 Å². The Hall–Kier alpha value is -6.55. The fourth-order valence-electron chi connectivity index (χ4n) is 4.59. The Morgan fingerprint density at radius 3 is 1.09 bits per heavy atom. The minimum atomic E-state index is -1.14. The van der Waals surface area contributed by atoms with Crippen LogP contribution in [0.4, 0.5) is 0 Å². The molecular weight excluding hydrogens is 596 g/mol. The molecule has 0 spiro atoms. The molecular formula is C30H24N10O6. The van der Waals surface area contributed by atoms with Crippen LogP contribution in [-0.2, 0) is 19.6 Å². The summed E-state index contributed by atoms with van der Waals surface area (Å²) in [4.78, 5) is 48.6. The van der Waals surface area contributed by atoms with Gasteiger partial charge in [0.25, 0.3) is 0 Å². The number of hydrogen-bond acceptors (Lipinski definition) is 10. The third-order valence-electron chi connectivity index (χ3n) is 6.65. The van der Waals surface area contributed by atoms with E-state index in [1.54, 1.807) is 73.2 Å². The zero-order valence-electron chi connectivity index (χ0n) is 23.8. The van der Waals surface area contributed by atoms with Gasteiger partial charge >= 0.3 is 17.9 Å². The van der Waals surface area contributed by atoms with Crippen LogP contribution in [-0.4, -0.2) is 82.4 Å². The van der Waals surface area contributed by atoms with Gasteiger partial charge in [0.1, 0.15) is 0 Å². The van der Waals surface area contributed by atoms with Crippen molar-refractivity contribution < 1.29 is 29.7 Å². The molecule has 6 heterocycles. The SMILES string of the molecule is O=C(O)c1cccc(-n2ccc(CN(Cc3ccn(-c4cccc(C(=O)O)n4)n3)Cc3ccn(-c4cccc(C(=O)O)n4)n3)n2)n1. The summed E-state index contributed by atoms with van der Waals surface area (Å²) in [6.45, 7) is 1.01. The number of pyridine rings is 3. The van der Waals surface area contributed by atoms with Gasteiger partial charge in [0.15, 0.2) is 34.5 Å². The summed E-state index contributed by atoms with van der Waals surface area (Å²) in [5.41, 5.74) is 1.67. The molecule has 0 aliphatic rings. The lowest BCUT2D eigenvalue weighted by Gasteiger charge is -2.19. The number of aromatic nitrogens is 9. The normalized spacial score (nSPS) is 11.2. The minimum Gasteiger partial charge on any atom is -0.477 e. The third kappa shape index (κ3) is 6.66. The van der Waals surface area contributed by atoms with Gasteiger partial charge in [-0.15, -0.1) is 0 Å². The number of carbonyl (C=O) groups is 3. The molecule has 0 aliphatic carbocycles. The molecule has 46 heavy (non-hydrogen) atoms. The Bertz CT molecular complexity index is 1830. The summed E-state index contributed by atoms with van der Waals surface area (Å²) < 4.78 is 4.48. The van der Waals surface area contributed by atoms with Crippen LogP contribution in [0.3, 0.4) is 0 Å². The highest BCUT2D eigenvalue weighted by atomic mass is 16.4. The van der Waals surface area contributed by atoms with Crippen LogP contribution in [0.15, 0.2) is 91.4 Å². The van der Waals surface area contributed by atoms with E-state index in [1.165, 1.54) is 32.2 Å². The molecule has 0 radical (unpaired) electrons. The lowest BCUT2D eigenvalue weighted by molar-refractivity contribution is 0.0680. The smallest absolute Gasteiger partial charge is 0.354 e. The van der Waals surface area contributed by atoms with Crippen LogP contribution < -0.4 is 0 Å². The maximum atomic E-state index is 11.4. The van der Waals surface area contributed by atoms with Crippen LogP contribution in [0.25, 0.3) is 17.5 Å². The molecule has 230 valence electrons. The van der Waals surface area contributed by atoms with Crippen molar-refractivity contribution >= 4 is 17.9 Å². The maximum absolute atomic E-state index is 11.4. The van der Waals surface area contributed by atoms with Gasteiger partial charge < -0.3 is 15.3 Å². The highest BCUT2D eigenvalue weighted by molar-refractivity contribution is 5.86. The highest BCUT2D eigenvalue weighted by Gasteiger charge is 2.17. The van der Waals surface area contributed by atoms with Crippen molar-refractivity contribution in [3.63, 3.8) is 0 Å². The van der Waals surface area contributed by atoms with Crippen molar-refractivity contribution in [2.45, 2.75) is 19.6 Å². The Morgan fingerprint density at radius 1 is 0.500 bits per heavy atom. The summed E-state index contributed by atoms with van der Waals surface area (Å²) in [5, 5.41) is 41.7. The molecule has 3 N–H and O–H groups in total. The van der Waals surface area contributed by atoms with E-state index in [0.717, 1.165) is 0 Å². The molecule has 0 atom stereocenters. The van der Waals surface area contributed by atoms with Crippen LogP contribution in [0, 0.1) is 0 Å². The molecule has 0 saturated carbocycles. The fraction of sp³-hybridized carbons (Fsp3) is 0.100. The van der Waals surface area contributed by atoms with Gasteiger partial charge in [0.05, 0.1) is 17.1 Å². The lowest BCUT2D eigenvalue weighted by Crippen LogP contribution is -2.23. The first-order chi connectivity index (χ1) is 22.2. The standard InChI is InChI=1S/C30H24N10O6/c41-28(42)22-4-1-7-25(31-22)38-13-10-19(34-38)16-37(17-20-11-14-39(35-20)26-8-2-5-23(32-26)29(43)44)18-21-12-15-40(36-21)27-9-3-6-24(33-27)30(45)46/h1-15H,16-18H2,(H,41,42)(H,43,44)(H,45,46). The maximum Gasteiger partial charge on any atom is 0.354 e. The van der Waals surface area contributed by atoms with Crippen molar-refractivity contribution in [1.82, 2.24) is 49.2 Å². The van der Waals surface area contributed by atoms with Crippen LogP contribution in [0.5, 0.6) is 0 Å². The first kappa shape index (κ1) is 29.5. The molecule has 0 aromatic carbocycles. The summed E-state index contributed by atoms with van der Waals surface area (Å²) >= 11 is 0. The predicted molar refractivity (Wildman–Crippen MR) is 158 cm³/mol. The number of rotatable bonds is 12. The van der Waals surface area contributed by atoms with E-state index in [-0.39, 0.29) is 17.1 Å². The van der Waals surface area contributed by atoms with Gasteiger partial charge in [-0.1, -0.05) is 18.2 Å². The van der Waals surface area contributed by atoms with E-state index in [9.17, 15) is 29.7 Å². The number of carboxylic acids is 3. The van der Waals surface area contributed by atoms with E-state index in [4.69, 9.17) is 0 Å². The first-order valence-corrected chi connectivity index (χ1v) is 13.7. The highest BCUT2D eigenvalue weighted by Crippen LogP contribution is 2.16. The van der Waals surface area contributed by atoms with Crippen LogP contribution in [0.1, 0.15) is 48.5 Å². The van der Waals surface area contributed by atoms with Gasteiger partial charge in [-0.25, -0.2) is 43.4 Å². The second kappa shape index (κ2) is 12.6. The number of hydrogen-bond donors (Lipinski definition) is 3. The number of carboxylic acid groups (broad SMARTS) is 3. The van der Waals surface area contributed by atoms with E-state index in [2.05, 4.69) is 30.2 Å². The number of aromatic carboxylic acids is 3. The zero-order valence-corrected chi connectivity index (χ0v) is 23.8. The molecule has 6 rings (SSSR count). The molecule has 0 saturated heterocycles. The van der Waals surface area contributed by atoms with Gasteiger partial charge in [0.2, 0.25) is 0 Å². The average molecular weight is 621 g/mol. The molecule has 0 unspecified atom stereocenters. The summed E-state index contributed by atoms with van der Waals surface area (Å²) in [6, 6.07) is 19.3. The molecule has 16 nitrogen and oxygen atoms in total.